The van der Waals surface area contributed by atoms with Crippen molar-refractivity contribution in [2.45, 2.75) is 19.4 Å². The van der Waals surface area contributed by atoms with Gasteiger partial charge in [-0.15, -0.1) is 0 Å². The molecule has 2 aromatic carbocycles. The van der Waals surface area contributed by atoms with Gasteiger partial charge in [-0.3, -0.25) is 0 Å². The zero-order valence-electron chi connectivity index (χ0n) is 12.1. The van der Waals surface area contributed by atoms with Gasteiger partial charge in [-0.2, -0.15) is 0 Å². The second-order valence-electron chi connectivity index (χ2n) is 4.72. The van der Waals surface area contributed by atoms with E-state index in [-0.39, 0.29) is 11.6 Å². The lowest BCUT2D eigenvalue weighted by Crippen LogP contribution is -2.05. The standard InChI is InChI=1S/C17H20FNO2/c1-20-15-9-10-16(17(18)14(15)8-5-11-19)21-12-13-6-3-2-4-7-13/h2-4,6-7,9-10H,5,8,11-12,19H2,1H3. The van der Waals surface area contributed by atoms with Crippen LogP contribution >= 0.6 is 0 Å². The summed E-state index contributed by atoms with van der Waals surface area (Å²) >= 11 is 0. The van der Waals surface area contributed by atoms with Gasteiger partial charge in [-0.1, -0.05) is 30.3 Å². The van der Waals surface area contributed by atoms with Crippen LogP contribution in [0.3, 0.4) is 0 Å². The molecule has 0 saturated carbocycles. The first kappa shape index (κ1) is 15.3. The summed E-state index contributed by atoms with van der Waals surface area (Å²) in [6.45, 7) is 0.845. The van der Waals surface area contributed by atoms with Gasteiger partial charge >= 0.3 is 0 Å². The van der Waals surface area contributed by atoms with E-state index in [2.05, 4.69) is 0 Å². The monoisotopic (exact) mass is 289 g/mol. The van der Waals surface area contributed by atoms with Crippen molar-refractivity contribution in [2.75, 3.05) is 13.7 Å². The van der Waals surface area contributed by atoms with Gasteiger partial charge in [0.2, 0.25) is 0 Å². The Balaban J connectivity index is 2.16. The van der Waals surface area contributed by atoms with Gasteiger partial charge < -0.3 is 15.2 Å². The summed E-state index contributed by atoms with van der Waals surface area (Å²) in [5.41, 5.74) is 7.01. The predicted molar refractivity (Wildman–Crippen MR) is 81.1 cm³/mol. The number of halogens is 1. The summed E-state index contributed by atoms with van der Waals surface area (Å²) in [5.74, 6) is 0.415. The normalized spacial score (nSPS) is 10.4. The molecule has 112 valence electrons. The maximum Gasteiger partial charge on any atom is 0.171 e. The van der Waals surface area contributed by atoms with Gasteiger partial charge in [0, 0.05) is 5.56 Å². The molecule has 4 heteroatoms. The number of methoxy groups -OCH3 is 1. The molecule has 0 saturated heterocycles. The Morgan fingerprint density at radius 3 is 2.43 bits per heavy atom. The Morgan fingerprint density at radius 1 is 1.05 bits per heavy atom. The van der Waals surface area contributed by atoms with Crippen molar-refractivity contribution >= 4 is 0 Å². The highest BCUT2D eigenvalue weighted by molar-refractivity contribution is 5.42. The average molecular weight is 289 g/mol. The van der Waals surface area contributed by atoms with Crippen LogP contribution in [0.15, 0.2) is 42.5 Å². The largest absolute Gasteiger partial charge is 0.496 e. The Morgan fingerprint density at radius 2 is 1.76 bits per heavy atom. The average Bonchev–Trinajstić information content (AvgIpc) is 2.53. The maximum absolute atomic E-state index is 14.5. The molecule has 0 aliphatic heterocycles. The van der Waals surface area contributed by atoms with Crippen molar-refractivity contribution in [3.8, 4) is 11.5 Å². The molecule has 0 unspecified atom stereocenters. The lowest BCUT2D eigenvalue weighted by molar-refractivity contribution is 0.287. The van der Waals surface area contributed by atoms with E-state index in [1.807, 2.05) is 30.3 Å². The Bertz CT molecular complexity index is 573. The summed E-state index contributed by atoms with van der Waals surface area (Å²) in [6, 6.07) is 13.0. The fourth-order valence-corrected chi connectivity index (χ4v) is 2.13. The van der Waals surface area contributed by atoms with Gasteiger partial charge in [-0.05, 0) is 37.1 Å². The minimum Gasteiger partial charge on any atom is -0.496 e. The second-order valence-corrected chi connectivity index (χ2v) is 4.72. The van der Waals surface area contributed by atoms with Crippen molar-refractivity contribution in [3.05, 3.63) is 59.4 Å². The van der Waals surface area contributed by atoms with Crippen molar-refractivity contribution in [3.63, 3.8) is 0 Å². The van der Waals surface area contributed by atoms with Gasteiger partial charge in [-0.25, -0.2) is 4.39 Å². The number of hydrogen-bond donors (Lipinski definition) is 1. The molecule has 3 nitrogen and oxygen atoms in total. The lowest BCUT2D eigenvalue weighted by Gasteiger charge is -2.13. The molecule has 2 N–H and O–H groups in total. The summed E-state index contributed by atoms with van der Waals surface area (Å²) in [4.78, 5) is 0. The lowest BCUT2D eigenvalue weighted by atomic mass is 10.1. The van der Waals surface area contributed by atoms with E-state index in [9.17, 15) is 4.39 Å². The van der Waals surface area contributed by atoms with Gasteiger partial charge in [0.15, 0.2) is 11.6 Å². The maximum atomic E-state index is 14.5. The Hall–Kier alpha value is -2.07. The molecule has 2 aromatic rings. The van der Waals surface area contributed by atoms with E-state index < -0.39 is 0 Å². The quantitative estimate of drug-likeness (QED) is 0.850. The molecule has 0 fully saturated rings. The highest BCUT2D eigenvalue weighted by Gasteiger charge is 2.14. The van der Waals surface area contributed by atoms with E-state index in [0.29, 0.717) is 37.3 Å². The third kappa shape index (κ3) is 3.95. The summed E-state index contributed by atoms with van der Waals surface area (Å²) in [5, 5.41) is 0. The van der Waals surface area contributed by atoms with Gasteiger partial charge in [0.1, 0.15) is 12.4 Å². The zero-order valence-corrected chi connectivity index (χ0v) is 12.1. The Kier molecular flexibility index (Phi) is 5.58. The fourth-order valence-electron chi connectivity index (χ4n) is 2.13. The number of hydrogen-bond acceptors (Lipinski definition) is 3. The molecule has 0 radical (unpaired) electrons. The minimum atomic E-state index is -0.362. The van der Waals surface area contributed by atoms with Crippen LogP contribution in [0.4, 0.5) is 4.39 Å². The molecular formula is C17H20FNO2. The van der Waals surface area contributed by atoms with Crippen LogP contribution in [0.2, 0.25) is 0 Å². The van der Waals surface area contributed by atoms with Crippen LogP contribution in [0.1, 0.15) is 17.5 Å². The van der Waals surface area contributed by atoms with E-state index in [4.69, 9.17) is 15.2 Å². The van der Waals surface area contributed by atoms with Crippen molar-refractivity contribution < 1.29 is 13.9 Å². The number of nitrogens with two attached hydrogens (primary N) is 1. The molecule has 0 heterocycles. The molecule has 0 aliphatic rings. The van der Waals surface area contributed by atoms with Crippen LogP contribution < -0.4 is 15.2 Å². The van der Waals surface area contributed by atoms with Crippen LogP contribution in [0.5, 0.6) is 11.5 Å². The minimum absolute atomic E-state index is 0.242. The smallest absolute Gasteiger partial charge is 0.171 e. The summed E-state index contributed by atoms with van der Waals surface area (Å²) in [6.07, 6.45) is 1.24. The molecule has 0 bridgehead atoms. The second kappa shape index (κ2) is 7.64. The molecule has 0 amide bonds. The highest BCUT2D eigenvalue weighted by Crippen LogP contribution is 2.30. The first-order chi connectivity index (χ1) is 10.3. The van der Waals surface area contributed by atoms with Crippen LogP contribution in [-0.2, 0) is 13.0 Å². The summed E-state index contributed by atoms with van der Waals surface area (Å²) in [7, 11) is 1.53. The number of benzene rings is 2. The van der Waals surface area contributed by atoms with E-state index in [0.717, 1.165) is 5.56 Å². The first-order valence-electron chi connectivity index (χ1n) is 6.98. The molecule has 21 heavy (non-hydrogen) atoms. The van der Waals surface area contributed by atoms with E-state index in [1.54, 1.807) is 12.1 Å². The molecule has 0 spiro atoms. The van der Waals surface area contributed by atoms with Crippen LogP contribution in [-0.4, -0.2) is 13.7 Å². The molecule has 2 rings (SSSR count). The predicted octanol–water partition coefficient (Wildman–Crippen LogP) is 3.30. The van der Waals surface area contributed by atoms with Crippen molar-refractivity contribution in [2.24, 2.45) is 5.73 Å². The molecule has 0 atom stereocenters. The van der Waals surface area contributed by atoms with Crippen LogP contribution in [0, 0.1) is 5.82 Å². The first-order valence-corrected chi connectivity index (χ1v) is 6.98. The SMILES string of the molecule is COc1ccc(OCc2ccccc2)c(F)c1CCCN. The zero-order chi connectivity index (χ0) is 15.1. The molecule has 0 aliphatic carbocycles. The van der Waals surface area contributed by atoms with Crippen molar-refractivity contribution in [1.82, 2.24) is 0 Å². The van der Waals surface area contributed by atoms with Gasteiger partial charge in [0.05, 0.1) is 7.11 Å². The number of ether oxygens (including phenoxy) is 2. The third-order valence-corrected chi connectivity index (χ3v) is 3.25. The van der Waals surface area contributed by atoms with E-state index in [1.165, 1.54) is 7.11 Å². The molecular weight excluding hydrogens is 269 g/mol. The van der Waals surface area contributed by atoms with Crippen molar-refractivity contribution in [1.29, 1.82) is 0 Å². The topological polar surface area (TPSA) is 44.5 Å². The number of rotatable bonds is 7. The highest BCUT2D eigenvalue weighted by atomic mass is 19.1. The van der Waals surface area contributed by atoms with Crippen LogP contribution in [0.25, 0.3) is 0 Å². The third-order valence-electron chi connectivity index (χ3n) is 3.25. The summed E-state index contributed by atoms with van der Waals surface area (Å²) < 4.78 is 25.3. The van der Waals surface area contributed by atoms with Gasteiger partial charge in [0.25, 0.3) is 0 Å². The molecule has 0 aromatic heterocycles. The van der Waals surface area contributed by atoms with E-state index >= 15 is 0 Å². The Labute approximate surface area is 124 Å². The fraction of sp³-hybridized carbons (Fsp3) is 0.294.